The van der Waals surface area contributed by atoms with Gasteiger partial charge in [0.05, 0.1) is 16.1 Å². The summed E-state index contributed by atoms with van der Waals surface area (Å²) < 4.78 is 5.72. The average Bonchev–Trinajstić information content (AvgIpc) is 2.49. The minimum atomic E-state index is 0.357. The molecule has 102 valence electrons. The Balaban J connectivity index is 2.07. The van der Waals surface area contributed by atoms with Gasteiger partial charge in [-0.2, -0.15) is 5.26 Å². The lowest BCUT2D eigenvalue weighted by atomic mass is 10.1. The van der Waals surface area contributed by atoms with E-state index in [4.69, 9.17) is 16.3 Å². The summed E-state index contributed by atoms with van der Waals surface area (Å²) in [4.78, 5) is 4.41. The Bertz CT molecular complexity index is 868. The van der Waals surface area contributed by atoms with Crippen molar-refractivity contribution in [2.45, 2.75) is 6.92 Å². The molecule has 0 radical (unpaired) electrons. The van der Waals surface area contributed by atoms with Crippen molar-refractivity contribution in [3.05, 3.63) is 64.7 Å². The van der Waals surface area contributed by atoms with Crippen molar-refractivity contribution in [2.75, 3.05) is 0 Å². The molecule has 0 saturated carbocycles. The molecule has 2 aromatic carbocycles. The number of hydrogen-bond acceptors (Lipinski definition) is 3. The zero-order valence-corrected chi connectivity index (χ0v) is 12.1. The fourth-order valence-electron chi connectivity index (χ4n) is 2.10. The summed E-state index contributed by atoms with van der Waals surface area (Å²) in [5.41, 5.74) is 2.30. The van der Waals surface area contributed by atoms with Crippen LogP contribution in [0.5, 0.6) is 11.6 Å². The largest absolute Gasteiger partial charge is 0.437 e. The lowest BCUT2D eigenvalue weighted by molar-refractivity contribution is 0.465. The number of nitriles is 1. The molecule has 0 saturated heterocycles. The predicted octanol–water partition coefficient (Wildman–Crippen LogP) is 4.86. The van der Waals surface area contributed by atoms with Crippen molar-refractivity contribution >= 4 is 22.5 Å². The first-order valence-electron chi connectivity index (χ1n) is 6.41. The van der Waals surface area contributed by atoms with Crippen LogP contribution in [0, 0.1) is 18.3 Å². The second-order valence-corrected chi connectivity index (χ2v) is 5.08. The molecule has 0 aliphatic carbocycles. The van der Waals surface area contributed by atoms with E-state index in [9.17, 15) is 5.26 Å². The molecular formula is C17H11ClN2O. The number of rotatable bonds is 2. The van der Waals surface area contributed by atoms with Crippen molar-refractivity contribution in [1.29, 1.82) is 5.26 Å². The number of para-hydroxylation sites is 1. The van der Waals surface area contributed by atoms with Crippen molar-refractivity contribution in [2.24, 2.45) is 0 Å². The normalized spacial score (nSPS) is 10.3. The Morgan fingerprint density at radius 1 is 1.14 bits per heavy atom. The van der Waals surface area contributed by atoms with Crippen molar-refractivity contribution in [3.63, 3.8) is 0 Å². The Morgan fingerprint density at radius 2 is 1.95 bits per heavy atom. The molecule has 4 heteroatoms. The Kier molecular flexibility index (Phi) is 3.47. The minimum Gasteiger partial charge on any atom is -0.437 e. The minimum absolute atomic E-state index is 0.357. The van der Waals surface area contributed by atoms with Crippen LogP contribution in [-0.2, 0) is 0 Å². The van der Waals surface area contributed by atoms with E-state index in [1.807, 2.05) is 43.3 Å². The van der Waals surface area contributed by atoms with Crippen LogP contribution in [0.2, 0.25) is 5.02 Å². The van der Waals surface area contributed by atoms with Gasteiger partial charge in [-0.1, -0.05) is 35.9 Å². The first kappa shape index (κ1) is 13.4. The highest BCUT2D eigenvalue weighted by Gasteiger charge is 2.09. The topological polar surface area (TPSA) is 45.9 Å². The van der Waals surface area contributed by atoms with Gasteiger partial charge in [-0.3, -0.25) is 0 Å². The zero-order chi connectivity index (χ0) is 14.8. The molecule has 0 aliphatic rings. The van der Waals surface area contributed by atoms with Crippen molar-refractivity contribution in [1.82, 2.24) is 4.98 Å². The number of fused-ring (bicyclic) bond motifs is 1. The van der Waals surface area contributed by atoms with E-state index in [-0.39, 0.29) is 0 Å². The number of halogens is 1. The van der Waals surface area contributed by atoms with Crippen LogP contribution in [0.25, 0.3) is 10.9 Å². The Morgan fingerprint density at radius 3 is 2.71 bits per heavy atom. The molecule has 0 spiro atoms. The summed E-state index contributed by atoms with van der Waals surface area (Å²) in [6.45, 7) is 1.96. The first-order chi connectivity index (χ1) is 10.2. The molecule has 0 fully saturated rings. The van der Waals surface area contributed by atoms with Crippen LogP contribution >= 0.6 is 11.6 Å². The summed E-state index contributed by atoms with van der Waals surface area (Å²) in [5.74, 6) is 0.880. The summed E-state index contributed by atoms with van der Waals surface area (Å²) in [6, 6.07) is 16.8. The quantitative estimate of drug-likeness (QED) is 0.678. The molecule has 0 unspecified atom stereocenters. The molecule has 0 aliphatic heterocycles. The summed E-state index contributed by atoms with van der Waals surface area (Å²) in [5, 5.41) is 10.6. The number of pyridine rings is 1. The predicted molar refractivity (Wildman–Crippen MR) is 82.7 cm³/mol. The van der Waals surface area contributed by atoms with Crippen LogP contribution in [0.1, 0.15) is 11.1 Å². The molecule has 0 atom stereocenters. The van der Waals surface area contributed by atoms with E-state index in [0.29, 0.717) is 22.2 Å². The van der Waals surface area contributed by atoms with Crippen LogP contribution in [0.4, 0.5) is 0 Å². The molecule has 0 N–H and O–H groups in total. The molecular weight excluding hydrogens is 284 g/mol. The van der Waals surface area contributed by atoms with Gasteiger partial charge in [-0.25, -0.2) is 4.98 Å². The lowest BCUT2D eigenvalue weighted by Gasteiger charge is -2.09. The second kappa shape index (κ2) is 5.43. The number of ether oxygens (including phenoxy) is 1. The van der Waals surface area contributed by atoms with Gasteiger partial charge < -0.3 is 4.74 Å². The summed E-state index contributed by atoms with van der Waals surface area (Å²) >= 11 is 6.15. The molecule has 3 nitrogen and oxygen atoms in total. The van der Waals surface area contributed by atoms with E-state index in [1.165, 1.54) is 0 Å². The van der Waals surface area contributed by atoms with Gasteiger partial charge in [0.2, 0.25) is 5.88 Å². The third-order valence-electron chi connectivity index (χ3n) is 3.12. The van der Waals surface area contributed by atoms with E-state index in [0.717, 1.165) is 16.5 Å². The molecule has 0 amide bonds. The van der Waals surface area contributed by atoms with E-state index in [1.54, 1.807) is 12.1 Å². The second-order valence-electron chi connectivity index (χ2n) is 4.67. The van der Waals surface area contributed by atoms with E-state index < -0.39 is 0 Å². The summed E-state index contributed by atoms with van der Waals surface area (Å²) in [7, 11) is 0. The standard InChI is InChI=1S/C17H11ClN2O/c1-11-6-7-16(14(18)8-11)21-17-9-12(10-19)13-4-2-3-5-15(13)20-17/h2-9H,1H3. The fourth-order valence-corrected chi connectivity index (χ4v) is 2.37. The van der Waals surface area contributed by atoms with Crippen LogP contribution in [-0.4, -0.2) is 4.98 Å². The van der Waals surface area contributed by atoms with Gasteiger partial charge in [0.15, 0.2) is 0 Å². The number of nitrogens with zero attached hydrogens (tertiary/aromatic N) is 2. The third kappa shape index (κ3) is 2.67. The van der Waals surface area contributed by atoms with Crippen LogP contribution < -0.4 is 4.74 Å². The van der Waals surface area contributed by atoms with E-state index >= 15 is 0 Å². The van der Waals surface area contributed by atoms with Gasteiger partial charge in [-0.05, 0) is 30.7 Å². The number of aromatic nitrogens is 1. The van der Waals surface area contributed by atoms with E-state index in [2.05, 4.69) is 11.1 Å². The fraction of sp³-hybridized carbons (Fsp3) is 0.0588. The Labute approximate surface area is 127 Å². The van der Waals surface area contributed by atoms with Crippen molar-refractivity contribution < 1.29 is 4.74 Å². The molecule has 3 aromatic rings. The monoisotopic (exact) mass is 294 g/mol. The molecule has 3 rings (SSSR count). The maximum Gasteiger partial charge on any atom is 0.221 e. The van der Waals surface area contributed by atoms with Gasteiger partial charge in [0.1, 0.15) is 11.8 Å². The highest BCUT2D eigenvalue weighted by atomic mass is 35.5. The Hall–Kier alpha value is -2.57. The summed E-state index contributed by atoms with van der Waals surface area (Å²) in [6.07, 6.45) is 0. The van der Waals surface area contributed by atoms with Gasteiger partial charge in [-0.15, -0.1) is 0 Å². The zero-order valence-electron chi connectivity index (χ0n) is 11.3. The molecule has 1 heterocycles. The van der Waals surface area contributed by atoms with Gasteiger partial charge in [0.25, 0.3) is 0 Å². The first-order valence-corrected chi connectivity index (χ1v) is 6.79. The average molecular weight is 295 g/mol. The SMILES string of the molecule is Cc1ccc(Oc2cc(C#N)c3ccccc3n2)c(Cl)c1. The maximum atomic E-state index is 9.26. The van der Waals surface area contributed by atoms with Crippen LogP contribution in [0.15, 0.2) is 48.5 Å². The highest BCUT2D eigenvalue weighted by Crippen LogP contribution is 2.31. The molecule has 21 heavy (non-hydrogen) atoms. The molecule has 1 aromatic heterocycles. The lowest BCUT2D eigenvalue weighted by Crippen LogP contribution is -1.92. The van der Waals surface area contributed by atoms with Gasteiger partial charge in [0, 0.05) is 11.5 Å². The highest BCUT2D eigenvalue weighted by molar-refractivity contribution is 6.32. The van der Waals surface area contributed by atoms with Crippen molar-refractivity contribution in [3.8, 4) is 17.7 Å². The molecule has 0 bridgehead atoms. The number of benzene rings is 2. The third-order valence-corrected chi connectivity index (χ3v) is 3.41. The number of aryl methyl sites for hydroxylation is 1. The van der Waals surface area contributed by atoms with Gasteiger partial charge >= 0.3 is 0 Å². The number of hydrogen-bond donors (Lipinski definition) is 0. The maximum absolute atomic E-state index is 9.26. The van der Waals surface area contributed by atoms with Crippen LogP contribution in [0.3, 0.4) is 0 Å². The smallest absolute Gasteiger partial charge is 0.221 e.